The van der Waals surface area contributed by atoms with Crippen molar-refractivity contribution in [2.24, 2.45) is 0 Å². The van der Waals surface area contributed by atoms with E-state index in [0.29, 0.717) is 0 Å². The largest absolute Gasteiger partial charge is 0.308 e. The summed E-state index contributed by atoms with van der Waals surface area (Å²) in [6, 6.07) is 7.64. The number of hydrogen-bond acceptors (Lipinski definition) is 1. The van der Waals surface area contributed by atoms with E-state index in [0.717, 1.165) is 10.0 Å². The summed E-state index contributed by atoms with van der Waals surface area (Å²) in [7, 11) is 0. The van der Waals surface area contributed by atoms with Crippen molar-refractivity contribution in [3.05, 3.63) is 34.3 Å². The molecule has 0 saturated carbocycles. The minimum absolute atomic E-state index is 0.914. The van der Waals surface area contributed by atoms with E-state index in [2.05, 4.69) is 15.9 Å². The monoisotopic (exact) mass is 183 g/mol. The first-order valence-corrected chi connectivity index (χ1v) is 3.39. The van der Waals surface area contributed by atoms with Crippen molar-refractivity contribution in [3.63, 3.8) is 0 Å². The molecule has 46 valence electrons. The Balaban J connectivity index is 3.15. The van der Waals surface area contributed by atoms with E-state index >= 15 is 0 Å². The molecule has 0 fully saturated rings. The number of hydrogen-bond donors (Lipinski definition) is 1. The van der Waals surface area contributed by atoms with Gasteiger partial charge in [-0.05, 0) is 6.07 Å². The highest BCUT2D eigenvalue weighted by atomic mass is 79.9. The molecule has 1 aromatic rings. The lowest BCUT2D eigenvalue weighted by atomic mass is 10.2. The molecule has 0 spiro atoms. The van der Waals surface area contributed by atoms with Gasteiger partial charge in [-0.3, -0.25) is 0 Å². The van der Waals surface area contributed by atoms with Crippen LogP contribution in [0.3, 0.4) is 0 Å². The van der Waals surface area contributed by atoms with Gasteiger partial charge in [0.25, 0.3) is 0 Å². The topological polar surface area (TPSA) is 23.9 Å². The molecule has 1 N–H and O–H groups in total. The van der Waals surface area contributed by atoms with Gasteiger partial charge < -0.3 is 5.41 Å². The minimum atomic E-state index is 0.914. The van der Waals surface area contributed by atoms with Crippen molar-refractivity contribution in [1.82, 2.24) is 0 Å². The Kier molecular flexibility index (Phi) is 2.01. The quantitative estimate of drug-likeness (QED) is 0.648. The van der Waals surface area contributed by atoms with E-state index in [4.69, 9.17) is 5.41 Å². The van der Waals surface area contributed by atoms with E-state index in [1.807, 2.05) is 24.3 Å². The fraction of sp³-hybridized carbons (Fsp3) is 0. The zero-order valence-electron chi connectivity index (χ0n) is 4.76. The summed E-state index contributed by atoms with van der Waals surface area (Å²) in [5, 5.41) is 6.93. The lowest BCUT2D eigenvalue weighted by molar-refractivity contribution is 1.52. The summed E-state index contributed by atoms with van der Waals surface area (Å²) >= 11 is 3.31. The van der Waals surface area contributed by atoms with Crippen LogP contribution in [-0.2, 0) is 0 Å². The summed E-state index contributed by atoms with van der Waals surface area (Å²) in [6.07, 6.45) is 1.32. The Morgan fingerprint density at radius 3 is 2.44 bits per heavy atom. The van der Waals surface area contributed by atoms with Crippen LogP contribution in [0.25, 0.3) is 0 Å². The van der Waals surface area contributed by atoms with Crippen LogP contribution < -0.4 is 0 Å². The fourth-order valence-corrected chi connectivity index (χ4v) is 0.991. The summed E-state index contributed by atoms with van der Waals surface area (Å²) in [5.74, 6) is 0. The maximum atomic E-state index is 6.93. The lowest BCUT2D eigenvalue weighted by Crippen LogP contribution is -1.78. The molecular weight excluding hydrogens is 178 g/mol. The first kappa shape index (κ1) is 6.49. The second-order valence-corrected chi connectivity index (χ2v) is 2.52. The molecule has 0 atom stereocenters. The molecule has 0 amide bonds. The number of rotatable bonds is 1. The van der Waals surface area contributed by atoms with E-state index in [1.54, 1.807) is 0 Å². The van der Waals surface area contributed by atoms with Gasteiger partial charge in [-0.1, -0.05) is 34.1 Å². The van der Waals surface area contributed by atoms with Crippen molar-refractivity contribution < 1.29 is 0 Å². The summed E-state index contributed by atoms with van der Waals surface area (Å²) in [5.41, 5.74) is 0.914. The highest BCUT2D eigenvalue weighted by Gasteiger charge is 1.89. The fourth-order valence-electron chi connectivity index (χ4n) is 0.592. The van der Waals surface area contributed by atoms with Gasteiger partial charge in [-0.25, -0.2) is 0 Å². The summed E-state index contributed by atoms with van der Waals surface area (Å²) in [6.45, 7) is 0. The van der Waals surface area contributed by atoms with Crippen molar-refractivity contribution in [1.29, 1.82) is 5.41 Å². The van der Waals surface area contributed by atoms with E-state index < -0.39 is 0 Å². The molecule has 0 bridgehead atoms. The zero-order valence-corrected chi connectivity index (χ0v) is 6.35. The maximum Gasteiger partial charge on any atom is 0.0262 e. The Morgan fingerprint density at radius 1 is 1.33 bits per heavy atom. The first-order chi connectivity index (χ1) is 4.34. The van der Waals surface area contributed by atoms with Gasteiger partial charge in [-0.15, -0.1) is 0 Å². The molecule has 0 saturated heterocycles. The molecule has 0 aromatic heterocycles. The Bertz CT molecular complexity index is 220. The van der Waals surface area contributed by atoms with Crippen LogP contribution in [0.2, 0.25) is 0 Å². The van der Waals surface area contributed by atoms with Gasteiger partial charge in [0.2, 0.25) is 0 Å². The standard InChI is InChI=1S/C7H6BrN/c8-7-4-2-1-3-6(7)5-9/h1-5,9H. The number of nitrogens with one attached hydrogen (secondary N) is 1. The van der Waals surface area contributed by atoms with Gasteiger partial charge in [0.1, 0.15) is 0 Å². The van der Waals surface area contributed by atoms with Gasteiger partial charge in [-0.2, -0.15) is 0 Å². The Morgan fingerprint density at radius 2 is 2.00 bits per heavy atom. The van der Waals surface area contributed by atoms with Crippen LogP contribution in [0.5, 0.6) is 0 Å². The van der Waals surface area contributed by atoms with Crippen LogP contribution in [0, 0.1) is 5.41 Å². The average molecular weight is 184 g/mol. The summed E-state index contributed by atoms with van der Waals surface area (Å²) in [4.78, 5) is 0. The molecular formula is C7H6BrN. The third-order valence-corrected chi connectivity index (χ3v) is 1.78. The van der Waals surface area contributed by atoms with Gasteiger partial charge >= 0.3 is 0 Å². The highest BCUT2D eigenvalue weighted by Crippen LogP contribution is 2.12. The molecule has 1 nitrogen and oxygen atoms in total. The van der Waals surface area contributed by atoms with Crippen LogP contribution >= 0.6 is 15.9 Å². The Hall–Kier alpha value is -0.630. The first-order valence-electron chi connectivity index (χ1n) is 2.59. The predicted octanol–water partition coefficient (Wildman–Crippen LogP) is 2.45. The van der Waals surface area contributed by atoms with Crippen molar-refractivity contribution >= 4 is 22.1 Å². The second kappa shape index (κ2) is 2.78. The van der Waals surface area contributed by atoms with E-state index in [-0.39, 0.29) is 0 Å². The van der Waals surface area contributed by atoms with Gasteiger partial charge in [0.15, 0.2) is 0 Å². The predicted molar refractivity (Wildman–Crippen MR) is 42.0 cm³/mol. The lowest BCUT2D eigenvalue weighted by Gasteiger charge is -1.92. The smallest absolute Gasteiger partial charge is 0.0262 e. The number of halogens is 1. The highest BCUT2D eigenvalue weighted by molar-refractivity contribution is 9.10. The second-order valence-electron chi connectivity index (χ2n) is 1.67. The van der Waals surface area contributed by atoms with E-state index in [9.17, 15) is 0 Å². The maximum absolute atomic E-state index is 6.93. The molecule has 0 unspecified atom stereocenters. The van der Waals surface area contributed by atoms with Crippen molar-refractivity contribution in [2.45, 2.75) is 0 Å². The van der Waals surface area contributed by atoms with Crippen molar-refractivity contribution in [3.8, 4) is 0 Å². The van der Waals surface area contributed by atoms with Crippen LogP contribution in [0.4, 0.5) is 0 Å². The molecule has 0 heterocycles. The molecule has 0 aliphatic rings. The normalized spacial score (nSPS) is 9.00. The SMILES string of the molecule is N=Cc1ccccc1Br. The van der Waals surface area contributed by atoms with Crippen LogP contribution in [-0.4, -0.2) is 6.21 Å². The molecule has 1 aromatic carbocycles. The van der Waals surface area contributed by atoms with E-state index in [1.165, 1.54) is 6.21 Å². The van der Waals surface area contributed by atoms with Crippen LogP contribution in [0.15, 0.2) is 28.7 Å². The minimum Gasteiger partial charge on any atom is -0.308 e. The van der Waals surface area contributed by atoms with Crippen LogP contribution in [0.1, 0.15) is 5.56 Å². The van der Waals surface area contributed by atoms with Gasteiger partial charge in [0, 0.05) is 16.3 Å². The average Bonchev–Trinajstić information content (AvgIpc) is 1.89. The molecule has 9 heavy (non-hydrogen) atoms. The molecule has 1 rings (SSSR count). The third-order valence-electron chi connectivity index (χ3n) is 1.06. The number of benzene rings is 1. The third kappa shape index (κ3) is 1.39. The Labute approximate surface area is 62.3 Å². The summed E-state index contributed by atoms with van der Waals surface area (Å²) < 4.78 is 0.972. The van der Waals surface area contributed by atoms with Gasteiger partial charge in [0.05, 0.1) is 0 Å². The zero-order chi connectivity index (χ0) is 6.69. The molecule has 2 heteroatoms. The molecule has 0 aliphatic heterocycles. The van der Waals surface area contributed by atoms with Crippen molar-refractivity contribution in [2.75, 3.05) is 0 Å². The molecule has 0 radical (unpaired) electrons. The molecule has 0 aliphatic carbocycles.